The van der Waals surface area contributed by atoms with Crippen LogP contribution in [0.4, 0.5) is 0 Å². The van der Waals surface area contributed by atoms with E-state index in [0.717, 1.165) is 0 Å². The predicted octanol–water partition coefficient (Wildman–Crippen LogP) is -2.15. The first-order valence-corrected chi connectivity index (χ1v) is 9.88. The second-order valence-electron chi connectivity index (χ2n) is 4.23. The van der Waals surface area contributed by atoms with Crippen molar-refractivity contribution in [2.45, 2.75) is 31.7 Å². The van der Waals surface area contributed by atoms with Gasteiger partial charge >= 0.3 is 7.82 Å². The molecule has 0 aromatic heterocycles. The summed E-state index contributed by atoms with van der Waals surface area (Å²) in [7, 11) is -17.8. The van der Waals surface area contributed by atoms with Gasteiger partial charge in [-0.05, 0) is 6.92 Å². The Morgan fingerprint density at radius 3 is 2.14 bits per heavy atom. The molecule has 22 heavy (non-hydrogen) atoms. The van der Waals surface area contributed by atoms with E-state index in [0.29, 0.717) is 0 Å². The molecule has 0 aliphatic carbocycles. The minimum Gasteiger partial charge on any atom is -0.790 e. The number of hydrogen-bond donors (Lipinski definition) is 1. The van der Waals surface area contributed by atoms with Crippen LogP contribution in [0.25, 0.3) is 0 Å². The minimum atomic E-state index is -6.05. The highest BCUT2D eigenvalue weighted by atomic mass is 31.3. The van der Waals surface area contributed by atoms with Gasteiger partial charge < -0.3 is 38.5 Å². The maximum absolute atomic E-state index is 11.3. The summed E-state index contributed by atoms with van der Waals surface area (Å²) in [5, 5.41) is 9.55. The Bertz CT molecular complexity index is 567. The van der Waals surface area contributed by atoms with Crippen LogP contribution < -0.4 is 19.6 Å². The molecule has 1 aliphatic heterocycles. The number of phosphoric acid groups is 3. The summed E-state index contributed by atoms with van der Waals surface area (Å²) >= 11 is 0. The van der Waals surface area contributed by atoms with E-state index in [9.17, 15) is 38.4 Å². The SMILES string of the molecule is C=C(OP(=O)([O-])OP(=O)([O-])OP(=O)([O-])[O-])C1OC(C)CC1O. The Morgan fingerprint density at radius 2 is 1.73 bits per heavy atom. The fourth-order valence-electron chi connectivity index (χ4n) is 1.62. The van der Waals surface area contributed by atoms with Crippen molar-refractivity contribution in [3.05, 3.63) is 12.3 Å². The molecule has 1 fully saturated rings. The van der Waals surface area contributed by atoms with E-state index in [1.165, 1.54) is 0 Å². The highest BCUT2D eigenvalue weighted by molar-refractivity contribution is 7.64. The molecule has 1 aliphatic rings. The lowest BCUT2D eigenvalue weighted by Crippen LogP contribution is -2.25. The monoisotopic (exact) mass is 380 g/mol. The average molecular weight is 380 g/mol. The highest BCUT2D eigenvalue weighted by Gasteiger charge is 2.36. The number of aliphatic hydroxyl groups is 1. The summed E-state index contributed by atoms with van der Waals surface area (Å²) in [4.78, 5) is 42.5. The van der Waals surface area contributed by atoms with Gasteiger partial charge in [0.1, 0.15) is 11.9 Å². The zero-order chi connectivity index (χ0) is 17.3. The van der Waals surface area contributed by atoms with Crippen molar-refractivity contribution in [1.29, 1.82) is 0 Å². The maximum Gasteiger partial charge on any atom is 0.326 e. The van der Waals surface area contributed by atoms with Crippen molar-refractivity contribution in [2.75, 3.05) is 0 Å². The highest BCUT2D eigenvalue weighted by Crippen LogP contribution is 2.61. The molecule has 0 aromatic rings. The lowest BCUT2D eigenvalue weighted by atomic mass is 10.1. The third-order valence-corrected chi connectivity index (χ3v) is 5.91. The van der Waals surface area contributed by atoms with Gasteiger partial charge in [-0.15, -0.1) is 0 Å². The molecule has 1 heterocycles. The molecule has 0 saturated carbocycles. The number of rotatable bonds is 7. The van der Waals surface area contributed by atoms with E-state index in [2.05, 4.69) is 19.7 Å². The zero-order valence-corrected chi connectivity index (χ0v) is 13.6. The molecular formula is C7H11O12P3-4. The topological polar surface area (TPSA) is 201 Å². The van der Waals surface area contributed by atoms with Crippen molar-refractivity contribution in [2.24, 2.45) is 0 Å². The van der Waals surface area contributed by atoms with E-state index in [1.54, 1.807) is 6.92 Å². The largest absolute Gasteiger partial charge is 0.790 e. The fraction of sp³-hybridized carbons (Fsp3) is 0.714. The number of hydrogen-bond acceptors (Lipinski definition) is 12. The van der Waals surface area contributed by atoms with E-state index in [-0.39, 0.29) is 6.42 Å². The first kappa shape index (κ1) is 20.0. The maximum atomic E-state index is 11.3. The summed E-state index contributed by atoms with van der Waals surface area (Å²) in [6.07, 6.45) is -2.71. The average Bonchev–Trinajstić information content (AvgIpc) is 2.50. The molecule has 0 amide bonds. The molecule has 15 heteroatoms. The Morgan fingerprint density at radius 1 is 1.18 bits per heavy atom. The molecular weight excluding hydrogens is 369 g/mol. The zero-order valence-electron chi connectivity index (χ0n) is 10.9. The van der Waals surface area contributed by atoms with Crippen LogP contribution in [0.2, 0.25) is 0 Å². The van der Waals surface area contributed by atoms with Gasteiger partial charge in [-0.1, -0.05) is 6.58 Å². The molecule has 0 aromatic carbocycles. The molecule has 130 valence electrons. The molecule has 1 N–H and O–H groups in total. The second-order valence-corrected chi connectivity index (χ2v) is 8.41. The van der Waals surface area contributed by atoms with Gasteiger partial charge in [0.2, 0.25) is 0 Å². The van der Waals surface area contributed by atoms with E-state index >= 15 is 0 Å². The van der Waals surface area contributed by atoms with Crippen LogP contribution in [0, 0.1) is 0 Å². The molecule has 12 nitrogen and oxygen atoms in total. The standard InChI is InChI=1S/C7H15O12P3/c1-4-3-6(8)7(16-4)5(2)17-21(12,13)19-22(14,15)18-20(9,10)11/h4,6-8H,2-3H2,1H3,(H,12,13)(H,14,15)(H2,9,10,11)/p-4. The summed E-state index contributed by atoms with van der Waals surface area (Å²) in [5.74, 6) is -0.692. The minimum absolute atomic E-state index is 0.149. The third-order valence-electron chi connectivity index (χ3n) is 2.25. The molecule has 0 radical (unpaired) electrons. The van der Waals surface area contributed by atoms with Crippen LogP contribution in [0.1, 0.15) is 13.3 Å². The number of phosphoric ester groups is 1. The van der Waals surface area contributed by atoms with Crippen LogP contribution in [0.15, 0.2) is 12.3 Å². The molecule has 0 spiro atoms. The smallest absolute Gasteiger partial charge is 0.326 e. The Labute approximate surface area is 124 Å². The van der Waals surface area contributed by atoms with Gasteiger partial charge in [0.25, 0.3) is 7.82 Å². The molecule has 5 unspecified atom stereocenters. The number of ether oxygens (including phenoxy) is 1. The normalized spacial score (nSPS) is 31.3. The van der Waals surface area contributed by atoms with E-state index in [1.807, 2.05) is 0 Å². The lowest BCUT2D eigenvalue weighted by molar-refractivity contribution is -0.339. The molecule has 5 atom stereocenters. The van der Waals surface area contributed by atoms with Crippen LogP contribution in [-0.4, -0.2) is 23.4 Å². The van der Waals surface area contributed by atoms with Gasteiger partial charge in [0.15, 0.2) is 0 Å². The van der Waals surface area contributed by atoms with Crippen LogP contribution in [-0.2, 0) is 31.6 Å². The summed E-state index contributed by atoms with van der Waals surface area (Å²) in [6.45, 7) is 4.71. The van der Waals surface area contributed by atoms with Gasteiger partial charge in [-0.2, -0.15) is 0 Å². The molecule has 1 saturated heterocycles. The van der Waals surface area contributed by atoms with Gasteiger partial charge in [0, 0.05) is 6.42 Å². The van der Waals surface area contributed by atoms with Crippen molar-refractivity contribution in [1.82, 2.24) is 0 Å². The third kappa shape index (κ3) is 6.57. The van der Waals surface area contributed by atoms with E-state index in [4.69, 9.17) is 4.74 Å². The van der Waals surface area contributed by atoms with Gasteiger partial charge in [0.05, 0.1) is 20.0 Å². The summed E-state index contributed by atoms with van der Waals surface area (Å²) < 4.78 is 48.0. The number of aliphatic hydroxyl groups excluding tert-OH is 1. The van der Waals surface area contributed by atoms with Gasteiger partial charge in [-0.25, -0.2) is 4.31 Å². The first-order chi connectivity index (χ1) is 9.71. The van der Waals surface area contributed by atoms with Crippen molar-refractivity contribution in [3.63, 3.8) is 0 Å². The van der Waals surface area contributed by atoms with Crippen molar-refractivity contribution in [3.8, 4) is 0 Å². The van der Waals surface area contributed by atoms with Crippen LogP contribution in [0.5, 0.6) is 0 Å². The fourth-order valence-corrected chi connectivity index (χ4v) is 4.49. The summed E-state index contributed by atoms with van der Waals surface area (Å²) in [6, 6.07) is 0. The Balaban J connectivity index is 2.71. The second kappa shape index (κ2) is 6.80. The van der Waals surface area contributed by atoms with Crippen molar-refractivity contribution >= 4 is 23.5 Å². The molecule has 0 bridgehead atoms. The van der Waals surface area contributed by atoms with E-state index < -0.39 is 47.5 Å². The van der Waals surface area contributed by atoms with Gasteiger partial charge in [-0.3, -0.25) is 13.4 Å². The van der Waals surface area contributed by atoms with Crippen molar-refractivity contribution < 1.29 is 56.3 Å². The van der Waals surface area contributed by atoms with Crippen LogP contribution >= 0.6 is 23.5 Å². The summed E-state index contributed by atoms with van der Waals surface area (Å²) in [5.41, 5.74) is 0. The van der Waals surface area contributed by atoms with Crippen LogP contribution in [0.3, 0.4) is 0 Å². The molecule has 1 rings (SSSR count). The quantitative estimate of drug-likeness (QED) is 0.371. The first-order valence-electron chi connectivity index (χ1n) is 5.49. The lowest BCUT2D eigenvalue weighted by Gasteiger charge is -2.37. The Kier molecular flexibility index (Phi) is 6.17. The predicted molar refractivity (Wildman–Crippen MR) is 60.2 cm³/mol. The Hall–Kier alpha value is -0.0900.